The van der Waals surface area contributed by atoms with Crippen molar-refractivity contribution in [3.8, 4) is 11.3 Å². The summed E-state index contributed by atoms with van der Waals surface area (Å²) in [7, 11) is 0. The van der Waals surface area contributed by atoms with Gasteiger partial charge in [-0.25, -0.2) is 0 Å². The quantitative estimate of drug-likeness (QED) is 0.670. The molecular formula is C16H14ClN3O3. The van der Waals surface area contributed by atoms with Gasteiger partial charge in [-0.3, -0.25) is 9.89 Å². The van der Waals surface area contributed by atoms with E-state index in [2.05, 4.69) is 15.5 Å². The average molecular weight is 332 g/mol. The first kappa shape index (κ1) is 15.3. The number of furan rings is 1. The minimum absolute atomic E-state index is 0.0433. The van der Waals surface area contributed by atoms with Crippen LogP contribution in [-0.2, 0) is 0 Å². The number of carbonyl (C=O) groups excluding carboxylic acids is 1. The molecule has 0 fully saturated rings. The standard InChI is InChI=1S/C16H14ClN3O3/c17-11-5-3-10(4-6-11)12-8-13(20-19-12)16(22)18-9-14(21)15-2-1-7-23-15/h1-8,14,21H,9H2,(H,18,22)(H,19,20). The van der Waals surface area contributed by atoms with Crippen LogP contribution in [0.2, 0.25) is 5.02 Å². The van der Waals surface area contributed by atoms with Crippen LogP contribution in [0, 0.1) is 0 Å². The molecule has 118 valence electrons. The zero-order chi connectivity index (χ0) is 16.2. The van der Waals surface area contributed by atoms with E-state index in [4.69, 9.17) is 16.0 Å². The zero-order valence-electron chi connectivity index (χ0n) is 12.0. The number of rotatable bonds is 5. The molecule has 3 aromatic rings. The van der Waals surface area contributed by atoms with Gasteiger partial charge in [0.1, 0.15) is 17.6 Å². The van der Waals surface area contributed by atoms with Gasteiger partial charge in [0, 0.05) is 10.6 Å². The van der Waals surface area contributed by atoms with Gasteiger partial charge in [-0.15, -0.1) is 0 Å². The number of nitrogens with one attached hydrogen (secondary N) is 2. The highest BCUT2D eigenvalue weighted by molar-refractivity contribution is 6.30. The summed E-state index contributed by atoms with van der Waals surface area (Å²) in [5.41, 5.74) is 1.79. The number of H-pyrrole nitrogens is 1. The molecule has 2 aromatic heterocycles. The van der Waals surface area contributed by atoms with E-state index in [1.165, 1.54) is 6.26 Å². The van der Waals surface area contributed by atoms with Crippen LogP contribution >= 0.6 is 11.6 Å². The van der Waals surface area contributed by atoms with Gasteiger partial charge in [-0.05, 0) is 30.3 Å². The fourth-order valence-electron chi connectivity index (χ4n) is 2.07. The average Bonchev–Trinajstić information content (AvgIpc) is 3.24. The molecular weight excluding hydrogens is 318 g/mol. The summed E-state index contributed by atoms with van der Waals surface area (Å²) in [6.45, 7) is 0.0433. The second-order valence-corrected chi connectivity index (χ2v) is 5.35. The molecule has 0 saturated heterocycles. The molecule has 0 aliphatic carbocycles. The van der Waals surface area contributed by atoms with E-state index < -0.39 is 6.10 Å². The van der Waals surface area contributed by atoms with E-state index in [0.29, 0.717) is 22.2 Å². The van der Waals surface area contributed by atoms with Crippen LogP contribution in [-0.4, -0.2) is 27.8 Å². The first-order valence-electron chi connectivity index (χ1n) is 6.94. The van der Waals surface area contributed by atoms with Crippen LogP contribution in [0.5, 0.6) is 0 Å². The highest BCUT2D eigenvalue weighted by Gasteiger charge is 2.15. The Morgan fingerprint density at radius 1 is 1.35 bits per heavy atom. The third-order valence-corrected chi connectivity index (χ3v) is 3.54. The Morgan fingerprint density at radius 2 is 2.13 bits per heavy atom. The van der Waals surface area contributed by atoms with E-state index in [-0.39, 0.29) is 12.5 Å². The number of aromatic nitrogens is 2. The monoisotopic (exact) mass is 331 g/mol. The first-order valence-corrected chi connectivity index (χ1v) is 7.32. The number of carbonyl (C=O) groups is 1. The van der Waals surface area contributed by atoms with Crippen molar-refractivity contribution in [2.45, 2.75) is 6.10 Å². The van der Waals surface area contributed by atoms with E-state index in [0.717, 1.165) is 5.56 Å². The Balaban J connectivity index is 1.63. The van der Waals surface area contributed by atoms with Crippen molar-refractivity contribution in [2.75, 3.05) is 6.54 Å². The van der Waals surface area contributed by atoms with Gasteiger partial charge >= 0.3 is 0 Å². The van der Waals surface area contributed by atoms with Crippen molar-refractivity contribution < 1.29 is 14.3 Å². The number of amides is 1. The molecule has 0 aliphatic heterocycles. The number of hydrogen-bond acceptors (Lipinski definition) is 4. The summed E-state index contributed by atoms with van der Waals surface area (Å²) >= 11 is 5.84. The molecule has 1 amide bonds. The maximum Gasteiger partial charge on any atom is 0.269 e. The predicted molar refractivity (Wildman–Crippen MR) is 85.0 cm³/mol. The van der Waals surface area contributed by atoms with Crippen molar-refractivity contribution in [1.29, 1.82) is 0 Å². The molecule has 23 heavy (non-hydrogen) atoms. The van der Waals surface area contributed by atoms with Gasteiger partial charge in [-0.1, -0.05) is 23.7 Å². The van der Waals surface area contributed by atoms with Crippen LogP contribution in [0.15, 0.2) is 53.1 Å². The maximum absolute atomic E-state index is 12.1. The number of benzene rings is 1. The Labute approximate surface area is 137 Å². The highest BCUT2D eigenvalue weighted by atomic mass is 35.5. The van der Waals surface area contributed by atoms with Crippen LogP contribution in [0.25, 0.3) is 11.3 Å². The molecule has 1 unspecified atom stereocenters. The second kappa shape index (κ2) is 6.68. The van der Waals surface area contributed by atoms with Crippen LogP contribution in [0.1, 0.15) is 22.4 Å². The van der Waals surface area contributed by atoms with Crippen LogP contribution in [0.4, 0.5) is 0 Å². The minimum atomic E-state index is -0.896. The van der Waals surface area contributed by atoms with Gasteiger partial charge < -0.3 is 14.8 Å². The summed E-state index contributed by atoms with van der Waals surface area (Å²) in [6.07, 6.45) is 0.570. The van der Waals surface area contributed by atoms with E-state index >= 15 is 0 Å². The number of aliphatic hydroxyl groups is 1. The fraction of sp³-hybridized carbons (Fsp3) is 0.125. The van der Waals surface area contributed by atoms with Gasteiger partial charge in [-0.2, -0.15) is 5.10 Å². The minimum Gasteiger partial charge on any atom is -0.467 e. The lowest BCUT2D eigenvalue weighted by molar-refractivity contribution is 0.0896. The molecule has 2 heterocycles. The van der Waals surface area contributed by atoms with E-state index in [9.17, 15) is 9.90 Å². The third kappa shape index (κ3) is 3.61. The van der Waals surface area contributed by atoms with Crippen LogP contribution in [0.3, 0.4) is 0 Å². The summed E-state index contributed by atoms with van der Waals surface area (Å²) < 4.78 is 5.07. The SMILES string of the molecule is O=C(NCC(O)c1ccco1)c1cc(-c2ccc(Cl)cc2)n[nH]1. The molecule has 1 aromatic carbocycles. The van der Waals surface area contributed by atoms with Crippen LogP contribution < -0.4 is 5.32 Å². The normalized spacial score (nSPS) is 12.1. The predicted octanol–water partition coefficient (Wildman–Crippen LogP) is 2.79. The van der Waals surface area contributed by atoms with Gasteiger partial charge in [0.25, 0.3) is 5.91 Å². The number of hydrogen-bond donors (Lipinski definition) is 3. The molecule has 0 bridgehead atoms. The maximum atomic E-state index is 12.1. The molecule has 6 nitrogen and oxygen atoms in total. The molecule has 1 atom stereocenters. The number of halogens is 1. The highest BCUT2D eigenvalue weighted by Crippen LogP contribution is 2.20. The summed E-state index contributed by atoms with van der Waals surface area (Å²) in [5.74, 6) is 0.0417. The van der Waals surface area contributed by atoms with Crippen molar-refractivity contribution in [3.63, 3.8) is 0 Å². The topological polar surface area (TPSA) is 91.2 Å². The number of nitrogens with zero attached hydrogens (tertiary/aromatic N) is 1. The number of aromatic amines is 1. The molecule has 0 aliphatic rings. The smallest absolute Gasteiger partial charge is 0.269 e. The van der Waals surface area contributed by atoms with Crippen molar-refractivity contribution in [1.82, 2.24) is 15.5 Å². The summed E-state index contributed by atoms with van der Waals surface area (Å²) in [5, 5.41) is 19.9. The van der Waals surface area contributed by atoms with Gasteiger partial charge in [0.2, 0.25) is 0 Å². The van der Waals surface area contributed by atoms with E-state index in [1.807, 2.05) is 12.1 Å². The molecule has 3 N–H and O–H groups in total. The van der Waals surface area contributed by atoms with Crippen molar-refractivity contribution >= 4 is 17.5 Å². The van der Waals surface area contributed by atoms with Crippen molar-refractivity contribution in [2.24, 2.45) is 0 Å². The van der Waals surface area contributed by atoms with E-state index in [1.54, 1.807) is 30.3 Å². The molecule has 3 rings (SSSR count). The first-order chi connectivity index (χ1) is 11.1. The Morgan fingerprint density at radius 3 is 2.83 bits per heavy atom. The fourth-order valence-corrected chi connectivity index (χ4v) is 2.20. The lowest BCUT2D eigenvalue weighted by Gasteiger charge is -2.08. The third-order valence-electron chi connectivity index (χ3n) is 3.29. The molecule has 0 spiro atoms. The lowest BCUT2D eigenvalue weighted by atomic mass is 10.1. The summed E-state index contributed by atoms with van der Waals surface area (Å²) in [4.78, 5) is 12.1. The van der Waals surface area contributed by atoms with Crippen molar-refractivity contribution in [3.05, 3.63) is 65.2 Å². The Kier molecular flexibility index (Phi) is 4.45. The zero-order valence-corrected chi connectivity index (χ0v) is 12.7. The Hall–Kier alpha value is -2.57. The molecule has 0 radical (unpaired) electrons. The second-order valence-electron chi connectivity index (χ2n) is 4.91. The van der Waals surface area contributed by atoms with Gasteiger partial charge in [0.15, 0.2) is 0 Å². The van der Waals surface area contributed by atoms with Gasteiger partial charge in [0.05, 0.1) is 18.5 Å². The lowest BCUT2D eigenvalue weighted by Crippen LogP contribution is -2.28. The Bertz CT molecular complexity index is 781. The number of aliphatic hydroxyl groups excluding tert-OH is 1. The molecule has 0 saturated carbocycles. The molecule has 7 heteroatoms. The largest absolute Gasteiger partial charge is 0.467 e. The summed E-state index contributed by atoms with van der Waals surface area (Å²) in [6, 6.07) is 12.1.